The Morgan fingerprint density at radius 2 is 1.55 bits per heavy atom. The van der Waals surface area contributed by atoms with E-state index >= 15 is 0 Å². The fraction of sp³-hybridized carbons (Fsp3) is 0.348. The molecule has 0 aliphatic heterocycles. The largest absolute Gasteiger partial charge is 0.452 e. The van der Waals surface area contributed by atoms with E-state index in [1.54, 1.807) is 13.0 Å². The average molecular weight is 476 g/mol. The third-order valence-corrected chi connectivity index (χ3v) is 6.44. The van der Waals surface area contributed by atoms with Crippen molar-refractivity contribution in [3.8, 4) is 0 Å². The normalized spacial score (nSPS) is 12.0. The second-order valence-corrected chi connectivity index (χ2v) is 9.50. The number of aryl methyl sites for hydroxylation is 4. The van der Waals surface area contributed by atoms with Crippen molar-refractivity contribution < 1.29 is 27.5 Å². The van der Waals surface area contributed by atoms with Crippen molar-refractivity contribution in [1.29, 1.82) is 0 Å². The van der Waals surface area contributed by atoms with Crippen molar-refractivity contribution in [3.05, 3.63) is 58.7 Å². The number of benzene rings is 2. The molecule has 0 heterocycles. The number of carbonyl (C=O) groups is 3. The summed E-state index contributed by atoms with van der Waals surface area (Å²) in [6, 6.07) is 10.2. The van der Waals surface area contributed by atoms with Crippen LogP contribution in [-0.2, 0) is 29.1 Å². The minimum atomic E-state index is -3.91. The predicted octanol–water partition coefficient (Wildman–Crippen LogP) is 1.89. The zero-order chi connectivity index (χ0) is 24.8. The van der Waals surface area contributed by atoms with Crippen molar-refractivity contribution in [1.82, 2.24) is 10.0 Å². The molecule has 0 radical (unpaired) electrons. The van der Waals surface area contributed by atoms with Gasteiger partial charge in [0, 0.05) is 5.69 Å². The van der Waals surface area contributed by atoms with Gasteiger partial charge in [0.1, 0.15) is 6.54 Å². The number of para-hydroxylation sites is 1. The highest BCUT2D eigenvalue weighted by molar-refractivity contribution is 7.89. The van der Waals surface area contributed by atoms with E-state index in [1.807, 2.05) is 39.0 Å². The van der Waals surface area contributed by atoms with Crippen LogP contribution in [0, 0.1) is 27.7 Å². The van der Waals surface area contributed by atoms with E-state index in [4.69, 9.17) is 4.74 Å². The number of esters is 1. The second kappa shape index (κ2) is 11.1. The highest BCUT2D eigenvalue weighted by atomic mass is 32.2. The molecule has 2 amide bonds. The number of rotatable bonds is 9. The molecule has 2 aromatic rings. The third kappa shape index (κ3) is 7.40. The fourth-order valence-corrected chi connectivity index (χ4v) is 3.97. The molecule has 9 nitrogen and oxygen atoms in total. The molecule has 0 saturated heterocycles. The molecule has 2 rings (SSSR count). The van der Waals surface area contributed by atoms with Crippen LogP contribution in [0.1, 0.15) is 29.2 Å². The summed E-state index contributed by atoms with van der Waals surface area (Å²) in [6.07, 6.45) is -1.21. The zero-order valence-electron chi connectivity index (χ0n) is 19.3. The van der Waals surface area contributed by atoms with Crippen LogP contribution in [-0.4, -0.2) is 45.4 Å². The molecule has 178 valence electrons. The van der Waals surface area contributed by atoms with Crippen LogP contribution in [0.4, 0.5) is 5.69 Å². The zero-order valence-corrected chi connectivity index (χ0v) is 20.1. The van der Waals surface area contributed by atoms with E-state index in [0.29, 0.717) is 5.69 Å². The van der Waals surface area contributed by atoms with Gasteiger partial charge >= 0.3 is 5.97 Å². The van der Waals surface area contributed by atoms with Gasteiger partial charge in [-0.15, -0.1) is 0 Å². The third-order valence-electron chi connectivity index (χ3n) is 5.04. The lowest BCUT2D eigenvalue weighted by Gasteiger charge is -2.15. The minimum absolute atomic E-state index is 0.0269. The SMILES string of the molecule is Cc1ccc(S(=O)(=O)NCC(=O)O[C@@H](C)C(=O)NCC(=O)Nc2c(C)cccc2C)cc1C. The van der Waals surface area contributed by atoms with Gasteiger partial charge in [-0.25, -0.2) is 8.42 Å². The number of amides is 2. The first-order chi connectivity index (χ1) is 15.4. The molecule has 0 unspecified atom stereocenters. The summed E-state index contributed by atoms with van der Waals surface area (Å²) >= 11 is 0. The topological polar surface area (TPSA) is 131 Å². The lowest BCUT2D eigenvalue weighted by atomic mass is 10.1. The van der Waals surface area contributed by atoms with Gasteiger partial charge in [0.15, 0.2) is 6.10 Å². The van der Waals surface area contributed by atoms with E-state index in [2.05, 4.69) is 15.4 Å². The van der Waals surface area contributed by atoms with Crippen LogP contribution >= 0.6 is 0 Å². The van der Waals surface area contributed by atoms with Gasteiger partial charge in [0.25, 0.3) is 5.91 Å². The number of anilines is 1. The smallest absolute Gasteiger partial charge is 0.321 e. The van der Waals surface area contributed by atoms with Crippen molar-refractivity contribution in [2.24, 2.45) is 0 Å². The van der Waals surface area contributed by atoms with Gasteiger partial charge in [-0.2, -0.15) is 4.72 Å². The fourth-order valence-electron chi connectivity index (χ4n) is 2.92. The standard InChI is InChI=1S/C23H29N3O6S/c1-14-9-10-19(11-17(14)4)33(30,31)25-13-21(28)32-18(5)23(29)24-12-20(27)26-22-15(2)7-6-8-16(22)3/h6-11,18,25H,12-13H2,1-5H3,(H,24,29)(H,26,27)/t18-/m0/s1. The number of ether oxygens (including phenoxy) is 1. The molecular weight excluding hydrogens is 446 g/mol. The maximum atomic E-state index is 12.4. The molecule has 0 aromatic heterocycles. The molecular formula is C23H29N3O6S. The Balaban J connectivity index is 1.82. The molecule has 0 aliphatic rings. The maximum Gasteiger partial charge on any atom is 0.321 e. The highest BCUT2D eigenvalue weighted by Crippen LogP contribution is 2.19. The number of carbonyl (C=O) groups excluding carboxylic acids is 3. The van der Waals surface area contributed by atoms with E-state index < -0.39 is 40.5 Å². The summed E-state index contributed by atoms with van der Waals surface area (Å²) in [5, 5.41) is 5.12. The molecule has 0 aliphatic carbocycles. The average Bonchev–Trinajstić information content (AvgIpc) is 2.75. The van der Waals surface area contributed by atoms with Gasteiger partial charge in [0.2, 0.25) is 15.9 Å². The Bertz CT molecular complexity index is 1140. The Kier molecular flexibility index (Phi) is 8.72. The molecule has 2 aromatic carbocycles. The Morgan fingerprint density at radius 1 is 0.909 bits per heavy atom. The molecule has 0 bridgehead atoms. The van der Waals surface area contributed by atoms with Gasteiger partial charge in [-0.1, -0.05) is 24.3 Å². The number of sulfonamides is 1. The summed E-state index contributed by atoms with van der Waals surface area (Å²) in [4.78, 5) is 36.3. The molecule has 0 spiro atoms. The van der Waals surface area contributed by atoms with E-state index in [1.165, 1.54) is 19.1 Å². The molecule has 3 N–H and O–H groups in total. The maximum absolute atomic E-state index is 12.4. The van der Waals surface area contributed by atoms with Crippen LogP contribution in [0.2, 0.25) is 0 Å². The van der Waals surface area contributed by atoms with Gasteiger partial charge in [-0.05, 0) is 69.0 Å². The first-order valence-electron chi connectivity index (χ1n) is 10.3. The van der Waals surface area contributed by atoms with Crippen LogP contribution in [0.3, 0.4) is 0 Å². The summed E-state index contributed by atoms with van der Waals surface area (Å²) in [5.74, 6) is -2.04. The summed E-state index contributed by atoms with van der Waals surface area (Å²) < 4.78 is 31.8. The molecule has 10 heteroatoms. The predicted molar refractivity (Wildman–Crippen MR) is 124 cm³/mol. The van der Waals surface area contributed by atoms with Crippen molar-refractivity contribution in [2.75, 3.05) is 18.4 Å². The van der Waals surface area contributed by atoms with Crippen molar-refractivity contribution in [2.45, 2.75) is 45.6 Å². The molecule has 1 atom stereocenters. The number of hydrogen-bond donors (Lipinski definition) is 3. The quantitative estimate of drug-likeness (QED) is 0.475. The number of hydrogen-bond acceptors (Lipinski definition) is 6. The van der Waals surface area contributed by atoms with Gasteiger partial charge < -0.3 is 15.4 Å². The Labute approximate surface area is 194 Å². The molecule has 33 heavy (non-hydrogen) atoms. The Morgan fingerprint density at radius 3 is 2.15 bits per heavy atom. The first-order valence-corrected chi connectivity index (χ1v) is 11.8. The van der Waals surface area contributed by atoms with Crippen molar-refractivity contribution >= 4 is 33.5 Å². The second-order valence-electron chi connectivity index (χ2n) is 7.74. The number of nitrogens with one attached hydrogen (secondary N) is 3. The summed E-state index contributed by atoms with van der Waals surface area (Å²) in [6.45, 7) is 7.73. The van der Waals surface area contributed by atoms with E-state index in [0.717, 1.165) is 22.3 Å². The lowest BCUT2D eigenvalue weighted by molar-refractivity contribution is -0.153. The monoisotopic (exact) mass is 475 g/mol. The first kappa shape index (κ1) is 26.0. The van der Waals surface area contributed by atoms with E-state index in [9.17, 15) is 22.8 Å². The summed E-state index contributed by atoms with van der Waals surface area (Å²) in [7, 11) is -3.91. The van der Waals surface area contributed by atoms with Crippen LogP contribution < -0.4 is 15.4 Å². The van der Waals surface area contributed by atoms with Crippen LogP contribution in [0.25, 0.3) is 0 Å². The van der Waals surface area contributed by atoms with Crippen LogP contribution in [0.5, 0.6) is 0 Å². The van der Waals surface area contributed by atoms with Gasteiger partial charge in [-0.3, -0.25) is 14.4 Å². The van der Waals surface area contributed by atoms with E-state index in [-0.39, 0.29) is 11.4 Å². The highest BCUT2D eigenvalue weighted by Gasteiger charge is 2.21. The van der Waals surface area contributed by atoms with Gasteiger partial charge in [0.05, 0.1) is 11.4 Å². The van der Waals surface area contributed by atoms with Crippen LogP contribution in [0.15, 0.2) is 41.3 Å². The summed E-state index contributed by atoms with van der Waals surface area (Å²) in [5.41, 5.74) is 4.19. The molecule has 0 fully saturated rings. The molecule has 0 saturated carbocycles. The van der Waals surface area contributed by atoms with Crippen molar-refractivity contribution in [3.63, 3.8) is 0 Å². The Hall–Kier alpha value is -3.24. The lowest BCUT2D eigenvalue weighted by Crippen LogP contribution is -2.41. The minimum Gasteiger partial charge on any atom is -0.452 e.